The SMILES string of the molecule is CCN(CC1CCC1)C(=O)C(=O)NCC(N)=S. The van der Waals surface area contributed by atoms with Crippen LogP contribution in [0.15, 0.2) is 0 Å². The monoisotopic (exact) mass is 257 g/mol. The zero-order chi connectivity index (χ0) is 12.8. The number of hydrogen-bond donors (Lipinski definition) is 2. The number of nitrogens with two attached hydrogens (primary N) is 1. The van der Waals surface area contributed by atoms with Crippen LogP contribution < -0.4 is 11.1 Å². The van der Waals surface area contributed by atoms with Crippen molar-refractivity contribution in [3.8, 4) is 0 Å². The summed E-state index contributed by atoms with van der Waals surface area (Å²) < 4.78 is 0. The van der Waals surface area contributed by atoms with Gasteiger partial charge in [0, 0.05) is 13.1 Å². The Morgan fingerprint density at radius 1 is 1.47 bits per heavy atom. The third-order valence-electron chi connectivity index (χ3n) is 2.99. The van der Waals surface area contributed by atoms with E-state index in [4.69, 9.17) is 5.73 Å². The summed E-state index contributed by atoms with van der Waals surface area (Å²) in [6.07, 6.45) is 3.53. The predicted molar refractivity (Wildman–Crippen MR) is 69.4 cm³/mol. The van der Waals surface area contributed by atoms with Gasteiger partial charge in [-0.25, -0.2) is 0 Å². The molecule has 17 heavy (non-hydrogen) atoms. The number of nitrogens with zero attached hydrogens (tertiary/aromatic N) is 1. The smallest absolute Gasteiger partial charge is 0.311 e. The molecule has 2 amide bonds. The van der Waals surface area contributed by atoms with E-state index in [0.29, 0.717) is 19.0 Å². The fourth-order valence-corrected chi connectivity index (χ4v) is 1.80. The molecule has 0 saturated heterocycles. The number of rotatable bonds is 5. The minimum absolute atomic E-state index is 0.0703. The number of likely N-dealkylation sites (N-methyl/N-ethyl adjacent to an activating group) is 1. The second kappa shape index (κ2) is 6.54. The van der Waals surface area contributed by atoms with E-state index in [1.165, 1.54) is 6.42 Å². The van der Waals surface area contributed by atoms with E-state index in [9.17, 15) is 9.59 Å². The minimum Gasteiger partial charge on any atom is -0.392 e. The van der Waals surface area contributed by atoms with Crippen LogP contribution in [0.4, 0.5) is 0 Å². The topological polar surface area (TPSA) is 75.4 Å². The molecule has 3 N–H and O–H groups in total. The van der Waals surface area contributed by atoms with Crippen LogP contribution in [0.25, 0.3) is 0 Å². The average Bonchev–Trinajstić information content (AvgIpc) is 2.24. The lowest BCUT2D eigenvalue weighted by atomic mass is 9.85. The molecular weight excluding hydrogens is 238 g/mol. The molecule has 0 aromatic heterocycles. The van der Waals surface area contributed by atoms with Crippen molar-refractivity contribution in [3.63, 3.8) is 0 Å². The van der Waals surface area contributed by atoms with Gasteiger partial charge >= 0.3 is 11.8 Å². The molecule has 0 spiro atoms. The Hall–Kier alpha value is -1.17. The number of hydrogen-bond acceptors (Lipinski definition) is 3. The van der Waals surface area contributed by atoms with E-state index in [1.54, 1.807) is 4.90 Å². The third kappa shape index (κ3) is 4.30. The van der Waals surface area contributed by atoms with Crippen LogP contribution >= 0.6 is 12.2 Å². The fourth-order valence-electron chi connectivity index (χ4n) is 1.73. The highest BCUT2D eigenvalue weighted by Crippen LogP contribution is 2.26. The average molecular weight is 257 g/mol. The third-order valence-corrected chi connectivity index (χ3v) is 3.13. The van der Waals surface area contributed by atoms with Gasteiger partial charge in [-0.15, -0.1) is 0 Å². The summed E-state index contributed by atoms with van der Waals surface area (Å²) in [6, 6.07) is 0. The van der Waals surface area contributed by atoms with Gasteiger partial charge in [-0.2, -0.15) is 0 Å². The van der Waals surface area contributed by atoms with Gasteiger partial charge in [0.2, 0.25) is 0 Å². The molecule has 1 fully saturated rings. The number of nitrogens with one attached hydrogen (secondary N) is 1. The van der Waals surface area contributed by atoms with Crippen LogP contribution in [0.5, 0.6) is 0 Å². The second-order valence-corrected chi connectivity index (χ2v) is 4.81. The highest BCUT2D eigenvalue weighted by molar-refractivity contribution is 7.80. The largest absolute Gasteiger partial charge is 0.392 e. The maximum atomic E-state index is 11.8. The molecule has 96 valence electrons. The fraction of sp³-hybridized carbons (Fsp3) is 0.727. The van der Waals surface area contributed by atoms with Crippen molar-refractivity contribution in [3.05, 3.63) is 0 Å². The predicted octanol–water partition coefficient (Wildman–Crippen LogP) is 0.0373. The van der Waals surface area contributed by atoms with Gasteiger partial charge in [-0.05, 0) is 25.7 Å². The van der Waals surface area contributed by atoms with E-state index in [1.807, 2.05) is 6.92 Å². The van der Waals surface area contributed by atoms with E-state index in [0.717, 1.165) is 12.8 Å². The number of thiocarbonyl (C=S) groups is 1. The van der Waals surface area contributed by atoms with Crippen LogP contribution in [0.2, 0.25) is 0 Å². The Morgan fingerprint density at radius 2 is 2.12 bits per heavy atom. The molecule has 0 aromatic carbocycles. The summed E-state index contributed by atoms with van der Waals surface area (Å²) in [6.45, 7) is 3.17. The van der Waals surface area contributed by atoms with Gasteiger partial charge in [0.25, 0.3) is 0 Å². The Morgan fingerprint density at radius 3 is 2.53 bits per heavy atom. The minimum atomic E-state index is -0.626. The summed E-state index contributed by atoms with van der Waals surface area (Å²) in [5, 5.41) is 2.41. The van der Waals surface area contributed by atoms with E-state index in [-0.39, 0.29) is 11.5 Å². The Bertz CT molecular complexity index is 316. The van der Waals surface area contributed by atoms with Crippen LogP contribution in [0, 0.1) is 5.92 Å². The summed E-state index contributed by atoms with van der Waals surface area (Å²) >= 11 is 4.63. The lowest BCUT2D eigenvalue weighted by Crippen LogP contribution is -2.47. The summed E-state index contributed by atoms with van der Waals surface area (Å²) in [5.41, 5.74) is 5.25. The number of amides is 2. The Kier molecular flexibility index (Phi) is 5.34. The molecule has 0 aliphatic heterocycles. The van der Waals surface area contributed by atoms with Crippen molar-refractivity contribution < 1.29 is 9.59 Å². The second-order valence-electron chi connectivity index (χ2n) is 4.29. The van der Waals surface area contributed by atoms with E-state index in [2.05, 4.69) is 17.5 Å². The molecule has 1 rings (SSSR count). The van der Waals surface area contributed by atoms with E-state index < -0.39 is 11.8 Å². The van der Waals surface area contributed by atoms with Gasteiger partial charge in [0.1, 0.15) is 0 Å². The van der Waals surface area contributed by atoms with E-state index >= 15 is 0 Å². The van der Waals surface area contributed by atoms with Gasteiger partial charge in [-0.3, -0.25) is 9.59 Å². The molecule has 0 heterocycles. The van der Waals surface area contributed by atoms with Crippen molar-refractivity contribution in [1.29, 1.82) is 0 Å². The lowest BCUT2D eigenvalue weighted by molar-refractivity contribution is -0.146. The Balaban J connectivity index is 2.40. The van der Waals surface area contributed by atoms with Crippen molar-refractivity contribution in [1.82, 2.24) is 10.2 Å². The molecular formula is C11H19N3O2S. The van der Waals surface area contributed by atoms with Gasteiger partial charge in [-0.1, -0.05) is 18.6 Å². The maximum absolute atomic E-state index is 11.8. The molecule has 5 nitrogen and oxygen atoms in total. The summed E-state index contributed by atoms with van der Waals surface area (Å²) in [7, 11) is 0. The number of carbonyl (C=O) groups is 2. The molecule has 1 aliphatic rings. The zero-order valence-electron chi connectivity index (χ0n) is 10.1. The molecule has 6 heteroatoms. The van der Waals surface area contributed by atoms with Crippen molar-refractivity contribution in [2.75, 3.05) is 19.6 Å². The molecule has 1 aliphatic carbocycles. The normalized spacial score (nSPS) is 14.9. The molecule has 1 saturated carbocycles. The number of carbonyl (C=O) groups excluding carboxylic acids is 2. The molecule has 0 unspecified atom stereocenters. The highest BCUT2D eigenvalue weighted by Gasteiger charge is 2.26. The zero-order valence-corrected chi connectivity index (χ0v) is 10.9. The van der Waals surface area contributed by atoms with Crippen molar-refractivity contribution in [2.45, 2.75) is 26.2 Å². The van der Waals surface area contributed by atoms with Crippen LogP contribution in [0.1, 0.15) is 26.2 Å². The van der Waals surface area contributed by atoms with Crippen LogP contribution in [-0.2, 0) is 9.59 Å². The first-order chi connectivity index (χ1) is 8.04. The van der Waals surface area contributed by atoms with Gasteiger partial charge in [0.15, 0.2) is 0 Å². The highest BCUT2D eigenvalue weighted by atomic mass is 32.1. The molecule has 0 radical (unpaired) electrons. The summed E-state index contributed by atoms with van der Waals surface area (Å²) in [5.74, 6) is -0.558. The quantitative estimate of drug-likeness (QED) is 0.538. The van der Waals surface area contributed by atoms with Gasteiger partial charge < -0.3 is 16.0 Å². The van der Waals surface area contributed by atoms with Gasteiger partial charge in [0.05, 0.1) is 11.5 Å². The van der Waals surface area contributed by atoms with Crippen molar-refractivity contribution in [2.24, 2.45) is 11.7 Å². The maximum Gasteiger partial charge on any atom is 0.311 e. The van der Waals surface area contributed by atoms with Crippen molar-refractivity contribution >= 4 is 29.0 Å². The molecule has 0 atom stereocenters. The first-order valence-electron chi connectivity index (χ1n) is 5.90. The standard InChI is InChI=1S/C11H19N3O2S/c1-2-14(7-8-4-3-5-8)11(16)10(15)13-6-9(12)17/h8H,2-7H2,1H3,(H2,12,17)(H,13,15). The van der Waals surface area contributed by atoms with Crippen LogP contribution in [0.3, 0.4) is 0 Å². The first-order valence-corrected chi connectivity index (χ1v) is 6.30. The lowest BCUT2D eigenvalue weighted by Gasteiger charge is -2.31. The first kappa shape index (κ1) is 13.9. The summed E-state index contributed by atoms with van der Waals surface area (Å²) in [4.78, 5) is 25.1. The molecule has 0 bridgehead atoms. The van der Waals surface area contributed by atoms with Crippen LogP contribution in [-0.4, -0.2) is 41.3 Å². The molecule has 0 aromatic rings. The Labute approximate surface area is 107 Å².